The summed E-state index contributed by atoms with van der Waals surface area (Å²) < 4.78 is 0. The van der Waals surface area contributed by atoms with Crippen LogP contribution in [-0.4, -0.2) is 31.6 Å². The zero-order valence-electron chi connectivity index (χ0n) is 11.6. The lowest BCUT2D eigenvalue weighted by atomic mass is 9.96. The molecule has 1 saturated heterocycles. The standard InChI is InChI=1S/C14H21N3O2/c1-11-7-13(9-14(8-11)17(18)19)16-5-3-12(4-6-16)10-15-2/h7-9,12,15H,3-6,10H2,1-2H3. The summed E-state index contributed by atoms with van der Waals surface area (Å²) in [4.78, 5) is 12.8. The number of non-ortho nitro benzene ring substituents is 1. The molecule has 5 heteroatoms. The Balaban J connectivity index is 2.09. The van der Waals surface area contributed by atoms with Gasteiger partial charge in [0.1, 0.15) is 0 Å². The second-order valence-electron chi connectivity index (χ2n) is 5.27. The molecule has 2 rings (SSSR count). The molecule has 1 aliphatic heterocycles. The molecule has 0 radical (unpaired) electrons. The lowest BCUT2D eigenvalue weighted by Gasteiger charge is -2.33. The van der Waals surface area contributed by atoms with Crippen LogP contribution in [0.2, 0.25) is 0 Å². The normalized spacial score (nSPS) is 16.6. The van der Waals surface area contributed by atoms with Crippen molar-refractivity contribution in [2.75, 3.05) is 31.6 Å². The van der Waals surface area contributed by atoms with Crippen LogP contribution in [0.25, 0.3) is 0 Å². The molecule has 1 aliphatic rings. The van der Waals surface area contributed by atoms with Crippen molar-refractivity contribution in [2.24, 2.45) is 5.92 Å². The number of hydrogen-bond acceptors (Lipinski definition) is 4. The van der Waals surface area contributed by atoms with E-state index in [1.54, 1.807) is 12.1 Å². The fourth-order valence-electron chi connectivity index (χ4n) is 2.71. The maximum atomic E-state index is 10.9. The predicted molar refractivity (Wildman–Crippen MR) is 76.7 cm³/mol. The summed E-state index contributed by atoms with van der Waals surface area (Å²) in [7, 11) is 1.98. The Morgan fingerprint density at radius 3 is 2.63 bits per heavy atom. The van der Waals surface area contributed by atoms with E-state index in [9.17, 15) is 10.1 Å². The highest BCUT2D eigenvalue weighted by Gasteiger charge is 2.20. The van der Waals surface area contributed by atoms with Crippen LogP contribution in [0.4, 0.5) is 11.4 Å². The number of benzene rings is 1. The van der Waals surface area contributed by atoms with E-state index in [4.69, 9.17) is 0 Å². The Labute approximate surface area is 113 Å². The molecule has 1 aromatic rings. The van der Waals surface area contributed by atoms with Crippen molar-refractivity contribution in [1.82, 2.24) is 5.32 Å². The number of piperidine rings is 1. The number of aryl methyl sites for hydroxylation is 1. The Morgan fingerprint density at radius 2 is 2.05 bits per heavy atom. The molecule has 1 heterocycles. The zero-order chi connectivity index (χ0) is 13.8. The maximum absolute atomic E-state index is 10.9. The van der Waals surface area contributed by atoms with Gasteiger partial charge in [-0.15, -0.1) is 0 Å². The molecule has 0 bridgehead atoms. The molecule has 1 aromatic carbocycles. The van der Waals surface area contributed by atoms with E-state index < -0.39 is 0 Å². The third-order valence-corrected chi connectivity index (χ3v) is 3.73. The molecular weight excluding hydrogens is 242 g/mol. The number of nitro benzene ring substituents is 1. The van der Waals surface area contributed by atoms with Crippen LogP contribution in [0.1, 0.15) is 18.4 Å². The Bertz CT molecular complexity index is 454. The van der Waals surface area contributed by atoms with Gasteiger partial charge in [0.2, 0.25) is 0 Å². The van der Waals surface area contributed by atoms with Crippen LogP contribution in [0.3, 0.4) is 0 Å². The molecule has 0 saturated carbocycles. The van der Waals surface area contributed by atoms with E-state index in [1.165, 1.54) is 0 Å². The lowest BCUT2D eigenvalue weighted by Crippen LogP contribution is -2.36. The summed E-state index contributed by atoms with van der Waals surface area (Å²) >= 11 is 0. The second kappa shape index (κ2) is 6.02. The van der Waals surface area contributed by atoms with E-state index in [0.717, 1.165) is 49.6 Å². The molecule has 0 unspecified atom stereocenters. The van der Waals surface area contributed by atoms with Gasteiger partial charge in [-0.05, 0) is 50.9 Å². The first kappa shape index (κ1) is 13.8. The highest BCUT2D eigenvalue weighted by molar-refractivity contribution is 5.55. The SMILES string of the molecule is CNCC1CCN(c2cc(C)cc([N+](=O)[O-])c2)CC1. The van der Waals surface area contributed by atoms with Crippen molar-refractivity contribution >= 4 is 11.4 Å². The topological polar surface area (TPSA) is 58.4 Å². The summed E-state index contributed by atoms with van der Waals surface area (Å²) in [5.74, 6) is 0.723. The van der Waals surface area contributed by atoms with Crippen LogP contribution in [-0.2, 0) is 0 Å². The van der Waals surface area contributed by atoms with Gasteiger partial charge in [-0.1, -0.05) is 0 Å². The molecule has 0 amide bonds. The third kappa shape index (κ3) is 3.44. The van der Waals surface area contributed by atoms with E-state index >= 15 is 0 Å². The zero-order valence-corrected chi connectivity index (χ0v) is 11.6. The summed E-state index contributed by atoms with van der Waals surface area (Å²) in [5, 5.41) is 14.1. The van der Waals surface area contributed by atoms with Gasteiger partial charge < -0.3 is 10.2 Å². The summed E-state index contributed by atoms with van der Waals surface area (Å²) in [5.41, 5.74) is 2.11. The molecule has 1 N–H and O–H groups in total. The molecule has 0 atom stereocenters. The maximum Gasteiger partial charge on any atom is 0.271 e. The number of nitrogens with zero attached hydrogens (tertiary/aromatic N) is 2. The molecule has 0 aliphatic carbocycles. The van der Waals surface area contributed by atoms with Crippen LogP contribution >= 0.6 is 0 Å². The van der Waals surface area contributed by atoms with Crippen molar-refractivity contribution < 1.29 is 4.92 Å². The molecule has 0 spiro atoms. The van der Waals surface area contributed by atoms with Crippen molar-refractivity contribution in [2.45, 2.75) is 19.8 Å². The van der Waals surface area contributed by atoms with Gasteiger partial charge in [0.05, 0.1) is 4.92 Å². The lowest BCUT2D eigenvalue weighted by molar-refractivity contribution is -0.384. The minimum Gasteiger partial charge on any atom is -0.371 e. The average Bonchev–Trinajstić information content (AvgIpc) is 2.39. The molecule has 0 aromatic heterocycles. The third-order valence-electron chi connectivity index (χ3n) is 3.73. The first-order valence-corrected chi connectivity index (χ1v) is 6.76. The monoisotopic (exact) mass is 263 g/mol. The number of nitro groups is 1. The predicted octanol–water partition coefficient (Wildman–Crippen LogP) is 2.34. The van der Waals surface area contributed by atoms with Crippen molar-refractivity contribution in [3.8, 4) is 0 Å². The van der Waals surface area contributed by atoms with Gasteiger partial charge in [0, 0.05) is 30.9 Å². The smallest absolute Gasteiger partial charge is 0.271 e. The molecule has 5 nitrogen and oxygen atoms in total. The second-order valence-corrected chi connectivity index (χ2v) is 5.27. The van der Waals surface area contributed by atoms with Crippen molar-refractivity contribution in [1.29, 1.82) is 0 Å². The quantitative estimate of drug-likeness (QED) is 0.669. The fraction of sp³-hybridized carbons (Fsp3) is 0.571. The largest absolute Gasteiger partial charge is 0.371 e. The number of hydrogen-bond donors (Lipinski definition) is 1. The Hall–Kier alpha value is -1.62. The van der Waals surface area contributed by atoms with Gasteiger partial charge in [-0.3, -0.25) is 10.1 Å². The molecular formula is C14H21N3O2. The van der Waals surface area contributed by atoms with Crippen LogP contribution in [0.15, 0.2) is 18.2 Å². The molecule has 19 heavy (non-hydrogen) atoms. The van der Waals surface area contributed by atoms with E-state index in [-0.39, 0.29) is 10.6 Å². The van der Waals surface area contributed by atoms with Gasteiger partial charge >= 0.3 is 0 Å². The van der Waals surface area contributed by atoms with E-state index in [1.807, 2.05) is 20.0 Å². The highest BCUT2D eigenvalue weighted by Crippen LogP contribution is 2.27. The number of anilines is 1. The summed E-state index contributed by atoms with van der Waals surface area (Å²) in [6.45, 7) is 4.92. The van der Waals surface area contributed by atoms with E-state index in [0.29, 0.717) is 0 Å². The minimum absolute atomic E-state index is 0.187. The van der Waals surface area contributed by atoms with Crippen molar-refractivity contribution in [3.05, 3.63) is 33.9 Å². The van der Waals surface area contributed by atoms with E-state index in [2.05, 4.69) is 10.2 Å². The first-order chi connectivity index (χ1) is 9.10. The fourth-order valence-corrected chi connectivity index (χ4v) is 2.71. The number of nitrogens with one attached hydrogen (secondary N) is 1. The summed E-state index contributed by atoms with van der Waals surface area (Å²) in [6.07, 6.45) is 2.28. The van der Waals surface area contributed by atoms with Gasteiger partial charge in [-0.2, -0.15) is 0 Å². The Morgan fingerprint density at radius 1 is 1.37 bits per heavy atom. The van der Waals surface area contributed by atoms with Gasteiger partial charge in [0.25, 0.3) is 5.69 Å². The van der Waals surface area contributed by atoms with Gasteiger partial charge in [-0.25, -0.2) is 0 Å². The molecule has 104 valence electrons. The van der Waals surface area contributed by atoms with Crippen LogP contribution in [0.5, 0.6) is 0 Å². The highest BCUT2D eigenvalue weighted by atomic mass is 16.6. The number of rotatable bonds is 4. The van der Waals surface area contributed by atoms with Crippen molar-refractivity contribution in [3.63, 3.8) is 0 Å². The molecule has 1 fully saturated rings. The Kier molecular flexibility index (Phi) is 4.37. The van der Waals surface area contributed by atoms with Crippen LogP contribution < -0.4 is 10.2 Å². The minimum atomic E-state index is -0.315. The summed E-state index contributed by atoms with van der Waals surface area (Å²) in [6, 6.07) is 5.34. The van der Waals surface area contributed by atoms with Crippen LogP contribution in [0, 0.1) is 23.0 Å². The van der Waals surface area contributed by atoms with Gasteiger partial charge in [0.15, 0.2) is 0 Å². The first-order valence-electron chi connectivity index (χ1n) is 6.76. The average molecular weight is 263 g/mol.